The summed E-state index contributed by atoms with van der Waals surface area (Å²) in [6.07, 6.45) is -4.24. The van der Waals surface area contributed by atoms with E-state index in [0.29, 0.717) is 11.1 Å². The molecule has 0 bridgehead atoms. The molecule has 3 nitrogen and oxygen atoms in total. The molecule has 0 fully saturated rings. The van der Waals surface area contributed by atoms with Gasteiger partial charge in [-0.3, -0.25) is 4.79 Å². The summed E-state index contributed by atoms with van der Waals surface area (Å²) in [4.78, 5) is 11.5. The minimum Gasteiger partial charge on any atom is -0.466 e. The van der Waals surface area contributed by atoms with Crippen LogP contribution in [0.5, 0.6) is 0 Å². The van der Waals surface area contributed by atoms with Gasteiger partial charge in [0.2, 0.25) is 0 Å². The minimum absolute atomic E-state index is 0.0242. The van der Waals surface area contributed by atoms with Crippen LogP contribution in [0.2, 0.25) is 0 Å². The topological polar surface area (TPSA) is 52.3 Å². The van der Waals surface area contributed by atoms with E-state index in [1.54, 1.807) is 37.3 Å². The summed E-state index contributed by atoms with van der Waals surface area (Å²) < 4.78 is 44.2. The van der Waals surface area contributed by atoms with Crippen LogP contribution in [0.25, 0.3) is 0 Å². The smallest absolute Gasteiger partial charge is 0.416 e. The molecule has 0 amide bonds. The number of ether oxygens (including phenoxy) is 1. The molecular formula is C19H20F3NO2. The van der Waals surface area contributed by atoms with Crippen molar-refractivity contribution in [3.63, 3.8) is 0 Å². The number of esters is 1. The first-order chi connectivity index (χ1) is 11.8. The molecule has 1 atom stereocenters. The normalized spacial score (nSPS) is 12.7. The van der Waals surface area contributed by atoms with Crippen molar-refractivity contribution in [3.8, 4) is 0 Å². The van der Waals surface area contributed by atoms with E-state index < -0.39 is 23.8 Å². The lowest BCUT2D eigenvalue weighted by atomic mass is 9.96. The van der Waals surface area contributed by atoms with Crippen molar-refractivity contribution in [1.29, 1.82) is 0 Å². The average molecular weight is 351 g/mol. The Hall–Kier alpha value is -2.34. The predicted molar refractivity (Wildman–Crippen MR) is 88.9 cm³/mol. The Morgan fingerprint density at radius 2 is 1.88 bits per heavy atom. The molecule has 0 unspecified atom stereocenters. The third-order valence-corrected chi connectivity index (χ3v) is 3.79. The lowest BCUT2D eigenvalue weighted by molar-refractivity contribution is -0.143. The van der Waals surface area contributed by atoms with Crippen LogP contribution in [0.4, 0.5) is 13.2 Å². The van der Waals surface area contributed by atoms with Crippen LogP contribution in [0, 0.1) is 0 Å². The van der Waals surface area contributed by atoms with E-state index in [1.165, 1.54) is 12.1 Å². The number of hydrogen-bond donors (Lipinski definition) is 1. The quantitative estimate of drug-likeness (QED) is 0.792. The Labute approximate surface area is 144 Å². The van der Waals surface area contributed by atoms with Gasteiger partial charge in [0.05, 0.1) is 18.6 Å². The van der Waals surface area contributed by atoms with Crippen LogP contribution < -0.4 is 5.73 Å². The molecule has 2 aromatic rings. The van der Waals surface area contributed by atoms with Gasteiger partial charge in [0.15, 0.2) is 0 Å². The second-order valence-corrected chi connectivity index (χ2v) is 5.69. The Bertz CT molecular complexity index is 729. The second-order valence-electron chi connectivity index (χ2n) is 5.69. The van der Waals surface area contributed by atoms with Crippen LogP contribution in [-0.2, 0) is 22.1 Å². The Balaban J connectivity index is 2.19. The van der Waals surface area contributed by atoms with Crippen LogP contribution in [0.3, 0.4) is 0 Å². The van der Waals surface area contributed by atoms with Crippen LogP contribution in [-0.4, -0.2) is 12.6 Å². The van der Waals surface area contributed by atoms with Crippen molar-refractivity contribution in [1.82, 2.24) is 0 Å². The van der Waals surface area contributed by atoms with Gasteiger partial charge in [-0.1, -0.05) is 42.5 Å². The molecule has 0 saturated carbocycles. The third-order valence-electron chi connectivity index (χ3n) is 3.79. The van der Waals surface area contributed by atoms with E-state index in [1.807, 2.05) is 0 Å². The third kappa shape index (κ3) is 5.32. The van der Waals surface area contributed by atoms with E-state index in [4.69, 9.17) is 10.5 Å². The molecule has 2 aromatic carbocycles. The van der Waals surface area contributed by atoms with E-state index in [9.17, 15) is 18.0 Å². The summed E-state index contributed by atoms with van der Waals surface area (Å²) in [5.41, 5.74) is 6.96. The molecular weight excluding hydrogens is 331 g/mol. The largest absolute Gasteiger partial charge is 0.466 e. The van der Waals surface area contributed by atoms with Crippen LogP contribution in [0.1, 0.15) is 41.6 Å². The van der Waals surface area contributed by atoms with E-state index in [2.05, 4.69) is 0 Å². The first-order valence-corrected chi connectivity index (χ1v) is 7.96. The summed E-state index contributed by atoms with van der Waals surface area (Å²) >= 11 is 0. The number of carbonyl (C=O) groups excluding carboxylic acids is 1. The van der Waals surface area contributed by atoms with Gasteiger partial charge in [-0.15, -0.1) is 0 Å². The maximum Gasteiger partial charge on any atom is 0.416 e. The highest BCUT2D eigenvalue weighted by Gasteiger charge is 2.32. The molecule has 0 spiro atoms. The Morgan fingerprint density at radius 1 is 1.16 bits per heavy atom. The van der Waals surface area contributed by atoms with Crippen molar-refractivity contribution in [3.05, 3.63) is 70.8 Å². The maximum atomic E-state index is 13.1. The molecule has 0 aliphatic rings. The predicted octanol–water partition coefficient (Wildman–Crippen LogP) is 4.25. The highest BCUT2D eigenvalue weighted by atomic mass is 19.4. The molecule has 0 aromatic heterocycles. The van der Waals surface area contributed by atoms with Gasteiger partial charge < -0.3 is 10.5 Å². The molecule has 134 valence electrons. The molecule has 0 aliphatic heterocycles. The number of benzene rings is 2. The van der Waals surface area contributed by atoms with E-state index in [-0.39, 0.29) is 25.0 Å². The minimum atomic E-state index is -4.39. The highest BCUT2D eigenvalue weighted by molar-refractivity contribution is 5.70. The van der Waals surface area contributed by atoms with Gasteiger partial charge in [0.25, 0.3) is 0 Å². The fourth-order valence-corrected chi connectivity index (χ4v) is 2.62. The fourth-order valence-electron chi connectivity index (χ4n) is 2.62. The zero-order valence-corrected chi connectivity index (χ0v) is 13.8. The summed E-state index contributed by atoms with van der Waals surface area (Å²) in [5.74, 6) is -0.400. The fraction of sp³-hybridized carbons (Fsp3) is 0.316. The van der Waals surface area contributed by atoms with Gasteiger partial charge in [0.1, 0.15) is 0 Å². The zero-order chi connectivity index (χ0) is 18.4. The van der Waals surface area contributed by atoms with Crippen molar-refractivity contribution in [2.24, 2.45) is 5.73 Å². The molecule has 6 heteroatoms. The lowest BCUT2D eigenvalue weighted by Crippen LogP contribution is -2.17. The average Bonchev–Trinajstić information content (AvgIpc) is 2.55. The Morgan fingerprint density at radius 3 is 2.56 bits per heavy atom. The SMILES string of the molecule is CCOC(=O)C[C@H](N)c1cccc(Cc2ccccc2C(F)(F)F)c1. The lowest BCUT2D eigenvalue weighted by Gasteiger charge is -2.15. The van der Waals surface area contributed by atoms with Crippen molar-refractivity contribution in [2.75, 3.05) is 6.61 Å². The summed E-state index contributed by atoms with van der Waals surface area (Å²) in [5, 5.41) is 0. The van der Waals surface area contributed by atoms with E-state index in [0.717, 1.165) is 6.07 Å². The summed E-state index contributed by atoms with van der Waals surface area (Å²) in [7, 11) is 0. The molecule has 2 N–H and O–H groups in total. The van der Waals surface area contributed by atoms with Crippen molar-refractivity contribution in [2.45, 2.75) is 32.0 Å². The monoisotopic (exact) mass is 351 g/mol. The first-order valence-electron chi connectivity index (χ1n) is 7.96. The zero-order valence-electron chi connectivity index (χ0n) is 13.8. The molecule has 2 rings (SSSR count). The van der Waals surface area contributed by atoms with Gasteiger partial charge in [-0.05, 0) is 36.1 Å². The Kier molecular flexibility index (Phi) is 6.20. The van der Waals surface area contributed by atoms with Gasteiger partial charge in [-0.25, -0.2) is 0 Å². The first kappa shape index (κ1) is 19.0. The number of rotatable bonds is 6. The van der Waals surface area contributed by atoms with Gasteiger partial charge in [0, 0.05) is 6.04 Å². The van der Waals surface area contributed by atoms with Crippen LogP contribution in [0.15, 0.2) is 48.5 Å². The van der Waals surface area contributed by atoms with Crippen molar-refractivity contribution >= 4 is 5.97 Å². The van der Waals surface area contributed by atoms with E-state index >= 15 is 0 Å². The molecule has 0 heterocycles. The number of halogens is 3. The number of nitrogens with two attached hydrogens (primary N) is 1. The standard InChI is InChI=1S/C19H20F3NO2/c1-2-25-18(24)12-17(23)15-8-5-6-13(11-15)10-14-7-3-4-9-16(14)19(20,21)22/h3-9,11,17H,2,10,12,23H2,1H3/t17-/m0/s1. The summed E-state index contributed by atoms with van der Waals surface area (Å²) in [6, 6.07) is 11.9. The highest BCUT2D eigenvalue weighted by Crippen LogP contribution is 2.33. The van der Waals surface area contributed by atoms with Gasteiger partial charge in [-0.2, -0.15) is 13.2 Å². The molecule has 0 aliphatic carbocycles. The summed E-state index contributed by atoms with van der Waals surface area (Å²) in [6.45, 7) is 1.99. The van der Waals surface area contributed by atoms with Crippen LogP contribution >= 0.6 is 0 Å². The number of hydrogen-bond acceptors (Lipinski definition) is 3. The number of carbonyl (C=O) groups is 1. The molecule has 0 radical (unpaired) electrons. The molecule has 0 saturated heterocycles. The molecule has 25 heavy (non-hydrogen) atoms. The number of alkyl halides is 3. The maximum absolute atomic E-state index is 13.1. The second kappa shape index (κ2) is 8.16. The van der Waals surface area contributed by atoms with Crippen molar-refractivity contribution < 1.29 is 22.7 Å². The van der Waals surface area contributed by atoms with Gasteiger partial charge >= 0.3 is 12.1 Å².